The van der Waals surface area contributed by atoms with Crippen LogP contribution in [0.1, 0.15) is 58.6 Å². The van der Waals surface area contributed by atoms with E-state index in [4.69, 9.17) is 4.74 Å². The minimum absolute atomic E-state index is 0.0597. The molecule has 5 aliphatic rings. The molecule has 2 unspecified atom stereocenters. The number of carbonyl (C=O) groups excluding carboxylic acids is 1. The third-order valence-corrected chi connectivity index (χ3v) is 10.8. The Morgan fingerprint density at radius 2 is 1.60 bits per heavy atom. The molecular formula is C39H44N4O2. The number of hydrogen-bond donors (Lipinski definition) is 1. The highest BCUT2D eigenvalue weighted by Crippen LogP contribution is 2.45. The van der Waals surface area contributed by atoms with Crippen LogP contribution in [-0.2, 0) is 6.54 Å². The first-order valence-corrected chi connectivity index (χ1v) is 17.0. The summed E-state index contributed by atoms with van der Waals surface area (Å²) in [6.07, 6.45) is 11.8. The van der Waals surface area contributed by atoms with Crippen LogP contribution in [-0.4, -0.2) is 63.2 Å². The molecule has 2 saturated heterocycles. The number of carbonyl (C=O) groups is 1. The molecule has 0 radical (unpaired) electrons. The quantitative estimate of drug-likeness (QED) is 0.356. The number of allylic oxidation sites excluding steroid dienone is 3. The van der Waals surface area contributed by atoms with Crippen molar-refractivity contribution < 1.29 is 9.53 Å². The van der Waals surface area contributed by atoms with Crippen molar-refractivity contribution in [1.82, 2.24) is 10.2 Å². The van der Waals surface area contributed by atoms with Crippen molar-refractivity contribution in [1.29, 1.82) is 0 Å². The number of nitrogens with zero attached hydrogens (tertiary/aromatic N) is 3. The first-order valence-electron chi connectivity index (χ1n) is 17.0. The van der Waals surface area contributed by atoms with Crippen LogP contribution in [0.25, 0.3) is 0 Å². The summed E-state index contributed by atoms with van der Waals surface area (Å²) in [5.41, 5.74) is 8.70. The lowest BCUT2D eigenvalue weighted by Crippen LogP contribution is -2.49. The maximum atomic E-state index is 11.9. The Kier molecular flexibility index (Phi) is 7.84. The maximum absolute atomic E-state index is 11.9. The Hall–Kier alpha value is -4.03. The standard InChI is InChI=1S/C39H44N4O2/c44-39-34-15-14-33(24-31(34)25-40-39)43-22-20-41(21-23-43)26-28-16-18-42(19-17-28)32-12-10-30(11-13-32)38-35-8-4-5-9-37(35)45-27-36(38)29-6-2-1-3-7-29/h2,4-15,24,28,36,38H,1,3,16-23,25-27H2,(H,40,44). The van der Waals surface area contributed by atoms with Gasteiger partial charge < -0.3 is 19.9 Å². The molecule has 0 spiro atoms. The molecule has 3 aromatic rings. The van der Waals surface area contributed by atoms with Gasteiger partial charge in [0, 0.05) is 86.7 Å². The molecule has 4 aliphatic heterocycles. The molecule has 232 valence electrons. The number of fused-ring (bicyclic) bond motifs is 2. The molecular weight excluding hydrogens is 556 g/mol. The molecule has 1 amide bonds. The molecule has 2 atom stereocenters. The summed E-state index contributed by atoms with van der Waals surface area (Å²) in [5, 5.41) is 2.94. The van der Waals surface area contributed by atoms with Crippen molar-refractivity contribution in [3.8, 4) is 5.75 Å². The smallest absolute Gasteiger partial charge is 0.251 e. The molecule has 0 saturated carbocycles. The van der Waals surface area contributed by atoms with E-state index >= 15 is 0 Å². The van der Waals surface area contributed by atoms with Gasteiger partial charge in [-0.05, 0) is 84.7 Å². The fraction of sp³-hybridized carbons (Fsp3) is 0.410. The zero-order valence-corrected chi connectivity index (χ0v) is 26.2. The maximum Gasteiger partial charge on any atom is 0.251 e. The van der Waals surface area contributed by atoms with Crippen molar-refractivity contribution >= 4 is 17.3 Å². The largest absolute Gasteiger partial charge is 0.493 e. The minimum atomic E-state index is 0.0597. The van der Waals surface area contributed by atoms with Crippen LogP contribution in [0.15, 0.2) is 90.5 Å². The molecule has 8 rings (SSSR count). The Bertz CT molecular complexity index is 1600. The highest BCUT2D eigenvalue weighted by molar-refractivity contribution is 5.98. The monoisotopic (exact) mass is 600 g/mol. The third-order valence-electron chi connectivity index (χ3n) is 10.8. The second kappa shape index (κ2) is 12.4. The number of piperazine rings is 1. The van der Waals surface area contributed by atoms with E-state index in [0.717, 1.165) is 81.5 Å². The number of piperidine rings is 1. The second-order valence-corrected chi connectivity index (χ2v) is 13.5. The van der Waals surface area contributed by atoms with Gasteiger partial charge in [0.2, 0.25) is 0 Å². The topological polar surface area (TPSA) is 48.1 Å². The van der Waals surface area contributed by atoms with Crippen molar-refractivity contribution in [2.75, 3.05) is 62.2 Å². The van der Waals surface area contributed by atoms with Gasteiger partial charge in [-0.1, -0.05) is 48.6 Å². The van der Waals surface area contributed by atoms with E-state index in [2.05, 4.69) is 98.9 Å². The summed E-state index contributed by atoms with van der Waals surface area (Å²) in [4.78, 5) is 19.7. The van der Waals surface area contributed by atoms with Gasteiger partial charge in [-0.15, -0.1) is 0 Å². The molecule has 2 fully saturated rings. The number of rotatable bonds is 6. The van der Waals surface area contributed by atoms with Gasteiger partial charge >= 0.3 is 0 Å². The molecule has 1 aliphatic carbocycles. The Balaban J connectivity index is 0.866. The third kappa shape index (κ3) is 5.77. The van der Waals surface area contributed by atoms with Crippen molar-refractivity contribution in [2.45, 2.75) is 38.1 Å². The van der Waals surface area contributed by atoms with Gasteiger partial charge in [0.25, 0.3) is 5.91 Å². The van der Waals surface area contributed by atoms with Gasteiger partial charge in [0.05, 0.1) is 6.61 Å². The summed E-state index contributed by atoms with van der Waals surface area (Å²) in [6, 6.07) is 24.4. The number of hydrogen-bond acceptors (Lipinski definition) is 5. The highest BCUT2D eigenvalue weighted by Gasteiger charge is 2.34. The molecule has 0 aromatic heterocycles. The number of nitrogens with one attached hydrogen (secondary N) is 1. The molecule has 6 heteroatoms. The predicted molar refractivity (Wildman–Crippen MR) is 181 cm³/mol. The van der Waals surface area contributed by atoms with Crippen LogP contribution < -0.4 is 19.9 Å². The van der Waals surface area contributed by atoms with E-state index in [-0.39, 0.29) is 5.91 Å². The van der Waals surface area contributed by atoms with Crippen LogP contribution in [0.3, 0.4) is 0 Å². The molecule has 3 aromatic carbocycles. The van der Waals surface area contributed by atoms with Crippen LogP contribution >= 0.6 is 0 Å². The Morgan fingerprint density at radius 1 is 0.822 bits per heavy atom. The lowest BCUT2D eigenvalue weighted by Gasteiger charge is -2.40. The van der Waals surface area contributed by atoms with E-state index in [0.29, 0.717) is 18.4 Å². The molecule has 6 nitrogen and oxygen atoms in total. The fourth-order valence-corrected chi connectivity index (χ4v) is 8.21. The lowest BCUT2D eigenvalue weighted by molar-refractivity contribution is 0.0965. The normalized spacial score (nSPS) is 23.6. The van der Waals surface area contributed by atoms with E-state index in [9.17, 15) is 4.79 Å². The zero-order valence-electron chi connectivity index (χ0n) is 26.2. The lowest BCUT2D eigenvalue weighted by atomic mass is 9.74. The fourth-order valence-electron chi connectivity index (χ4n) is 8.21. The van der Waals surface area contributed by atoms with E-state index in [1.807, 2.05) is 6.07 Å². The average Bonchev–Trinajstić information content (AvgIpc) is 3.48. The average molecular weight is 601 g/mol. The van der Waals surface area contributed by atoms with E-state index in [1.54, 1.807) is 0 Å². The second-order valence-electron chi connectivity index (χ2n) is 13.5. The van der Waals surface area contributed by atoms with Crippen LogP contribution in [0, 0.1) is 11.8 Å². The first-order chi connectivity index (χ1) is 22.2. The first kappa shape index (κ1) is 28.4. The Morgan fingerprint density at radius 3 is 2.40 bits per heavy atom. The number of anilines is 2. The SMILES string of the molecule is O=C1NCc2cc(N3CCN(CC4CCN(c5ccc(C6c7ccccc7OCC6C6=CCCC=C6)cc5)CC4)CC3)ccc21. The van der Waals surface area contributed by atoms with E-state index < -0.39 is 0 Å². The molecule has 45 heavy (non-hydrogen) atoms. The molecule has 4 heterocycles. The van der Waals surface area contributed by atoms with Gasteiger partial charge in [-0.3, -0.25) is 9.69 Å². The summed E-state index contributed by atoms with van der Waals surface area (Å²) < 4.78 is 6.27. The van der Waals surface area contributed by atoms with Crippen molar-refractivity contribution in [3.05, 3.63) is 113 Å². The number of benzene rings is 3. The van der Waals surface area contributed by atoms with Crippen LogP contribution in [0.4, 0.5) is 11.4 Å². The minimum Gasteiger partial charge on any atom is -0.493 e. The summed E-state index contributed by atoms with van der Waals surface area (Å²) in [5.74, 6) is 2.51. The summed E-state index contributed by atoms with van der Waals surface area (Å²) in [7, 11) is 0. The van der Waals surface area contributed by atoms with Gasteiger partial charge in [-0.2, -0.15) is 0 Å². The van der Waals surface area contributed by atoms with E-state index in [1.165, 1.54) is 47.5 Å². The number of para-hydroxylation sites is 1. The van der Waals surface area contributed by atoms with Gasteiger partial charge in [0.15, 0.2) is 0 Å². The van der Waals surface area contributed by atoms with Gasteiger partial charge in [-0.25, -0.2) is 0 Å². The molecule has 0 bridgehead atoms. The highest BCUT2D eigenvalue weighted by atomic mass is 16.5. The van der Waals surface area contributed by atoms with Gasteiger partial charge in [0.1, 0.15) is 5.75 Å². The number of amides is 1. The van der Waals surface area contributed by atoms with Crippen LogP contribution in [0.5, 0.6) is 5.75 Å². The molecule has 1 N–H and O–H groups in total. The van der Waals surface area contributed by atoms with Crippen molar-refractivity contribution in [2.24, 2.45) is 11.8 Å². The summed E-state index contributed by atoms with van der Waals surface area (Å²) in [6.45, 7) is 9.19. The zero-order chi connectivity index (χ0) is 30.2. The predicted octanol–water partition coefficient (Wildman–Crippen LogP) is 6.39. The number of ether oxygens (including phenoxy) is 1. The van der Waals surface area contributed by atoms with Crippen LogP contribution in [0.2, 0.25) is 0 Å². The Labute approximate surface area is 267 Å². The summed E-state index contributed by atoms with van der Waals surface area (Å²) >= 11 is 0. The van der Waals surface area contributed by atoms with Crippen molar-refractivity contribution in [3.63, 3.8) is 0 Å².